The molecule has 0 aromatic rings. The molecule has 13 heavy (non-hydrogen) atoms. The van der Waals surface area contributed by atoms with E-state index in [1.165, 1.54) is 32.2 Å². The van der Waals surface area contributed by atoms with Gasteiger partial charge in [-0.05, 0) is 45.1 Å². The molecule has 76 valence electrons. The normalized spacial score (nSPS) is 35.3. The average Bonchev–Trinajstić information content (AvgIpc) is 2.90. The largest absolute Gasteiger partial charge is 0.393 e. The Hall–Kier alpha value is -0.0800. The molecule has 2 rings (SSSR count). The van der Waals surface area contributed by atoms with Crippen molar-refractivity contribution >= 4 is 0 Å². The van der Waals surface area contributed by atoms with Crippen LogP contribution < -0.4 is 0 Å². The number of aliphatic hydroxyl groups excluding tert-OH is 1. The quantitative estimate of drug-likeness (QED) is 0.721. The van der Waals surface area contributed by atoms with Crippen molar-refractivity contribution in [1.82, 2.24) is 4.90 Å². The lowest BCUT2D eigenvalue weighted by atomic mass is 9.92. The third-order valence-corrected chi connectivity index (χ3v) is 3.47. The van der Waals surface area contributed by atoms with Gasteiger partial charge in [0.05, 0.1) is 6.10 Å². The predicted octanol–water partition coefficient (Wildman–Crippen LogP) is 1.77. The van der Waals surface area contributed by atoms with Crippen molar-refractivity contribution in [3.8, 4) is 0 Å². The van der Waals surface area contributed by atoms with Crippen molar-refractivity contribution in [3.63, 3.8) is 0 Å². The lowest BCUT2D eigenvalue weighted by molar-refractivity contribution is 0.0605. The lowest BCUT2D eigenvalue weighted by Gasteiger charge is -2.35. The maximum Gasteiger partial charge on any atom is 0.0555 e. The summed E-state index contributed by atoms with van der Waals surface area (Å²) in [5.74, 6) is 0. The molecule has 2 heteroatoms. The van der Waals surface area contributed by atoms with Gasteiger partial charge in [0.1, 0.15) is 0 Å². The van der Waals surface area contributed by atoms with Crippen LogP contribution in [0.3, 0.4) is 0 Å². The maximum absolute atomic E-state index is 9.60. The van der Waals surface area contributed by atoms with E-state index < -0.39 is 0 Å². The van der Waals surface area contributed by atoms with Gasteiger partial charge in [-0.1, -0.05) is 6.92 Å². The van der Waals surface area contributed by atoms with Crippen molar-refractivity contribution in [3.05, 3.63) is 0 Å². The van der Waals surface area contributed by atoms with Gasteiger partial charge in [0.15, 0.2) is 0 Å². The van der Waals surface area contributed by atoms with Crippen molar-refractivity contribution in [2.75, 3.05) is 6.54 Å². The van der Waals surface area contributed by atoms with Crippen molar-refractivity contribution < 1.29 is 5.11 Å². The van der Waals surface area contributed by atoms with Gasteiger partial charge in [0, 0.05) is 12.1 Å². The molecule has 2 saturated carbocycles. The van der Waals surface area contributed by atoms with Crippen LogP contribution in [-0.2, 0) is 0 Å². The van der Waals surface area contributed by atoms with Gasteiger partial charge in [-0.15, -0.1) is 0 Å². The smallest absolute Gasteiger partial charge is 0.0555 e. The zero-order chi connectivity index (χ0) is 9.26. The number of rotatable bonds is 3. The minimum absolute atomic E-state index is 0.0217. The van der Waals surface area contributed by atoms with Crippen LogP contribution in [0.25, 0.3) is 0 Å². The molecule has 2 nitrogen and oxygen atoms in total. The standard InChI is InChI=1S/C11H21NO/c1-2-12(9-6-7-9)10-4-3-5-11(13)8-10/h9-11,13H,2-8H2,1H3. The number of hydrogen-bond acceptors (Lipinski definition) is 2. The van der Waals surface area contributed by atoms with Crippen LogP contribution in [0.1, 0.15) is 45.4 Å². The molecule has 0 spiro atoms. The molecule has 0 aliphatic heterocycles. The molecule has 2 atom stereocenters. The Morgan fingerprint density at radius 2 is 1.92 bits per heavy atom. The van der Waals surface area contributed by atoms with Gasteiger partial charge in [-0.2, -0.15) is 0 Å². The summed E-state index contributed by atoms with van der Waals surface area (Å²) in [6.07, 6.45) is 7.33. The molecule has 0 bridgehead atoms. The van der Waals surface area contributed by atoms with E-state index in [0.29, 0.717) is 6.04 Å². The van der Waals surface area contributed by atoms with E-state index >= 15 is 0 Å². The van der Waals surface area contributed by atoms with E-state index in [9.17, 15) is 5.11 Å². The highest BCUT2D eigenvalue weighted by atomic mass is 16.3. The SMILES string of the molecule is CCN(C1CC1)C1CCCC(O)C1. The van der Waals surface area contributed by atoms with Crippen LogP contribution in [0.2, 0.25) is 0 Å². The molecular formula is C11H21NO. The molecule has 1 N–H and O–H groups in total. The van der Waals surface area contributed by atoms with E-state index in [2.05, 4.69) is 11.8 Å². The van der Waals surface area contributed by atoms with Gasteiger partial charge < -0.3 is 5.11 Å². The highest BCUT2D eigenvalue weighted by molar-refractivity contribution is 4.90. The van der Waals surface area contributed by atoms with Crippen LogP contribution in [0, 0.1) is 0 Å². The Morgan fingerprint density at radius 3 is 2.46 bits per heavy atom. The topological polar surface area (TPSA) is 23.5 Å². The molecule has 0 heterocycles. The summed E-state index contributed by atoms with van der Waals surface area (Å²) in [5, 5.41) is 9.60. The van der Waals surface area contributed by atoms with E-state index in [1.54, 1.807) is 0 Å². The first-order chi connectivity index (χ1) is 6.31. The lowest BCUT2D eigenvalue weighted by Crippen LogP contribution is -2.41. The average molecular weight is 183 g/mol. The van der Waals surface area contributed by atoms with E-state index in [0.717, 1.165) is 18.9 Å². The van der Waals surface area contributed by atoms with Crippen LogP contribution >= 0.6 is 0 Å². The Kier molecular flexibility index (Phi) is 2.89. The Balaban J connectivity index is 1.88. The summed E-state index contributed by atoms with van der Waals surface area (Å²) >= 11 is 0. The monoisotopic (exact) mass is 183 g/mol. The molecule has 2 unspecified atom stereocenters. The zero-order valence-electron chi connectivity index (χ0n) is 8.58. The Morgan fingerprint density at radius 1 is 1.15 bits per heavy atom. The summed E-state index contributed by atoms with van der Waals surface area (Å²) in [6, 6.07) is 1.54. The minimum atomic E-state index is -0.0217. The first-order valence-corrected chi connectivity index (χ1v) is 5.75. The molecule has 0 aromatic heterocycles. The Bertz CT molecular complexity index is 167. The second-order valence-electron chi connectivity index (χ2n) is 4.54. The summed E-state index contributed by atoms with van der Waals surface area (Å²) in [7, 11) is 0. The van der Waals surface area contributed by atoms with Crippen molar-refractivity contribution in [2.45, 2.75) is 63.6 Å². The zero-order valence-corrected chi connectivity index (χ0v) is 8.58. The minimum Gasteiger partial charge on any atom is -0.393 e. The van der Waals surface area contributed by atoms with Crippen LogP contribution in [0.5, 0.6) is 0 Å². The molecular weight excluding hydrogens is 162 g/mol. The molecule has 2 aliphatic carbocycles. The third kappa shape index (κ3) is 2.23. The first-order valence-electron chi connectivity index (χ1n) is 5.75. The highest BCUT2D eigenvalue weighted by Crippen LogP contribution is 2.33. The van der Waals surface area contributed by atoms with Crippen molar-refractivity contribution in [1.29, 1.82) is 0 Å². The fraction of sp³-hybridized carbons (Fsp3) is 1.00. The van der Waals surface area contributed by atoms with Crippen molar-refractivity contribution in [2.24, 2.45) is 0 Å². The summed E-state index contributed by atoms with van der Waals surface area (Å²) < 4.78 is 0. The molecule has 0 radical (unpaired) electrons. The number of aliphatic hydroxyl groups is 1. The maximum atomic E-state index is 9.60. The van der Waals surface area contributed by atoms with Crippen LogP contribution in [0.4, 0.5) is 0 Å². The molecule has 0 aromatic carbocycles. The third-order valence-electron chi connectivity index (χ3n) is 3.47. The first kappa shape index (κ1) is 9.47. The van der Waals surface area contributed by atoms with Gasteiger partial charge in [0.2, 0.25) is 0 Å². The van der Waals surface area contributed by atoms with E-state index in [4.69, 9.17) is 0 Å². The van der Waals surface area contributed by atoms with Gasteiger partial charge >= 0.3 is 0 Å². The van der Waals surface area contributed by atoms with Crippen LogP contribution in [-0.4, -0.2) is 34.7 Å². The molecule has 2 fully saturated rings. The molecule has 2 aliphatic rings. The van der Waals surface area contributed by atoms with Gasteiger partial charge in [-0.3, -0.25) is 4.90 Å². The summed E-state index contributed by atoms with van der Waals surface area (Å²) in [6.45, 7) is 3.42. The second-order valence-corrected chi connectivity index (χ2v) is 4.54. The number of hydrogen-bond donors (Lipinski definition) is 1. The predicted molar refractivity (Wildman–Crippen MR) is 53.7 cm³/mol. The summed E-state index contributed by atoms with van der Waals surface area (Å²) in [5.41, 5.74) is 0. The Labute approximate surface area is 80.9 Å². The highest BCUT2D eigenvalue weighted by Gasteiger charge is 2.34. The second kappa shape index (κ2) is 3.97. The van der Waals surface area contributed by atoms with Gasteiger partial charge in [-0.25, -0.2) is 0 Å². The molecule has 0 saturated heterocycles. The fourth-order valence-corrected chi connectivity index (χ4v) is 2.66. The summed E-state index contributed by atoms with van der Waals surface area (Å²) in [4.78, 5) is 2.61. The number of nitrogens with zero attached hydrogens (tertiary/aromatic N) is 1. The van der Waals surface area contributed by atoms with Crippen LogP contribution in [0.15, 0.2) is 0 Å². The molecule has 0 amide bonds. The fourth-order valence-electron chi connectivity index (χ4n) is 2.66. The van der Waals surface area contributed by atoms with Gasteiger partial charge in [0.25, 0.3) is 0 Å². The van der Waals surface area contributed by atoms with E-state index in [-0.39, 0.29) is 6.10 Å². The van der Waals surface area contributed by atoms with E-state index in [1.807, 2.05) is 0 Å².